The first-order valence-corrected chi connectivity index (χ1v) is 9.61. The van der Waals surface area contributed by atoms with Gasteiger partial charge in [0.2, 0.25) is 5.95 Å². The molecule has 1 aliphatic carbocycles. The van der Waals surface area contributed by atoms with Crippen LogP contribution in [-0.2, 0) is 0 Å². The molecule has 2 aliphatic rings. The number of nitrogens with zero attached hydrogens (tertiary/aromatic N) is 6. The third-order valence-corrected chi connectivity index (χ3v) is 4.87. The Bertz CT molecular complexity index is 536. The topological polar surface area (TPSA) is 59.9 Å². The summed E-state index contributed by atoms with van der Waals surface area (Å²) in [6.45, 7) is 12.1. The first-order valence-electron chi connectivity index (χ1n) is 9.61. The number of hydrogen-bond donors (Lipinski definition) is 1. The highest BCUT2D eigenvalue weighted by molar-refractivity contribution is 5.80. The monoisotopic (exact) mass is 345 g/mol. The van der Waals surface area contributed by atoms with Crippen molar-refractivity contribution in [3.05, 3.63) is 18.5 Å². The maximum Gasteiger partial charge on any atom is 0.225 e. The van der Waals surface area contributed by atoms with Crippen molar-refractivity contribution < 1.29 is 0 Å². The molecule has 1 saturated carbocycles. The van der Waals surface area contributed by atoms with Gasteiger partial charge < -0.3 is 15.1 Å². The van der Waals surface area contributed by atoms with Crippen molar-refractivity contribution in [1.29, 1.82) is 0 Å². The van der Waals surface area contributed by atoms with Gasteiger partial charge in [-0.25, -0.2) is 9.97 Å². The SMILES string of the molecule is CCNC(=NCCN(CC)C1CC1)N1CCN(c2ncccn2)CC1. The molecule has 0 radical (unpaired) electrons. The number of nitrogens with one attached hydrogen (secondary N) is 1. The molecule has 1 N–H and O–H groups in total. The summed E-state index contributed by atoms with van der Waals surface area (Å²) in [4.78, 5) is 20.7. The zero-order chi connectivity index (χ0) is 17.5. The lowest BCUT2D eigenvalue weighted by atomic mass is 10.3. The molecule has 0 amide bonds. The van der Waals surface area contributed by atoms with Crippen LogP contribution < -0.4 is 10.2 Å². The minimum Gasteiger partial charge on any atom is -0.357 e. The van der Waals surface area contributed by atoms with Crippen LogP contribution in [0.2, 0.25) is 0 Å². The first-order chi connectivity index (χ1) is 12.3. The molecule has 138 valence electrons. The Hall–Kier alpha value is -1.89. The predicted octanol–water partition coefficient (Wildman–Crippen LogP) is 1.05. The van der Waals surface area contributed by atoms with Gasteiger partial charge in [0.15, 0.2) is 5.96 Å². The molecule has 1 aliphatic heterocycles. The number of anilines is 1. The van der Waals surface area contributed by atoms with Gasteiger partial charge in [-0.3, -0.25) is 9.89 Å². The molecule has 3 rings (SSSR count). The Morgan fingerprint density at radius 1 is 1.20 bits per heavy atom. The van der Waals surface area contributed by atoms with Gasteiger partial charge in [-0.2, -0.15) is 0 Å². The minimum atomic E-state index is 0.817. The highest BCUT2D eigenvalue weighted by Crippen LogP contribution is 2.25. The Labute approximate surface area is 151 Å². The second kappa shape index (κ2) is 8.99. The maximum absolute atomic E-state index is 4.87. The van der Waals surface area contributed by atoms with E-state index in [4.69, 9.17) is 4.99 Å². The van der Waals surface area contributed by atoms with E-state index in [0.717, 1.165) is 70.3 Å². The van der Waals surface area contributed by atoms with Gasteiger partial charge >= 0.3 is 0 Å². The minimum absolute atomic E-state index is 0.817. The van der Waals surface area contributed by atoms with Gasteiger partial charge in [-0.15, -0.1) is 0 Å². The van der Waals surface area contributed by atoms with Crippen molar-refractivity contribution in [2.75, 3.05) is 57.3 Å². The van der Waals surface area contributed by atoms with Crippen molar-refractivity contribution in [1.82, 2.24) is 25.1 Å². The summed E-state index contributed by atoms with van der Waals surface area (Å²) in [5.41, 5.74) is 0. The zero-order valence-electron chi connectivity index (χ0n) is 15.6. The Morgan fingerprint density at radius 2 is 1.92 bits per heavy atom. The van der Waals surface area contributed by atoms with E-state index in [9.17, 15) is 0 Å². The van der Waals surface area contributed by atoms with Crippen LogP contribution >= 0.6 is 0 Å². The molecule has 0 aromatic carbocycles. The average molecular weight is 345 g/mol. The van der Waals surface area contributed by atoms with Crippen molar-refractivity contribution in [3.8, 4) is 0 Å². The zero-order valence-corrected chi connectivity index (χ0v) is 15.6. The lowest BCUT2D eigenvalue weighted by molar-refractivity contribution is 0.285. The van der Waals surface area contributed by atoms with E-state index >= 15 is 0 Å². The van der Waals surface area contributed by atoms with Crippen LogP contribution in [0.3, 0.4) is 0 Å². The van der Waals surface area contributed by atoms with Crippen LogP contribution in [0.5, 0.6) is 0 Å². The number of aliphatic imine (C=N–C) groups is 1. The van der Waals surface area contributed by atoms with Crippen LogP contribution in [0.1, 0.15) is 26.7 Å². The number of rotatable bonds is 7. The molecule has 7 nitrogen and oxygen atoms in total. The van der Waals surface area contributed by atoms with Crippen molar-refractivity contribution >= 4 is 11.9 Å². The smallest absolute Gasteiger partial charge is 0.225 e. The molecule has 0 atom stereocenters. The molecular weight excluding hydrogens is 314 g/mol. The van der Waals surface area contributed by atoms with Gasteiger partial charge in [0.25, 0.3) is 0 Å². The molecular formula is C18H31N7. The van der Waals surface area contributed by atoms with E-state index < -0.39 is 0 Å². The van der Waals surface area contributed by atoms with Gasteiger partial charge in [-0.05, 0) is 32.4 Å². The third kappa shape index (κ3) is 5.04. The van der Waals surface area contributed by atoms with Crippen LogP contribution in [-0.4, -0.2) is 84.1 Å². The standard InChI is InChI=1S/C18H31N7/c1-3-19-17(22-10-11-23(4-2)16-6-7-16)24-12-14-25(15-13-24)18-20-8-5-9-21-18/h5,8-9,16H,3-4,6-7,10-15H2,1-2H3,(H,19,22). The third-order valence-electron chi connectivity index (χ3n) is 4.87. The summed E-state index contributed by atoms with van der Waals surface area (Å²) < 4.78 is 0. The van der Waals surface area contributed by atoms with Gasteiger partial charge in [0, 0.05) is 57.7 Å². The molecule has 2 heterocycles. The van der Waals surface area contributed by atoms with E-state index in [1.165, 1.54) is 12.8 Å². The Balaban J connectivity index is 1.51. The molecule has 1 aromatic heterocycles. The van der Waals surface area contributed by atoms with E-state index in [0.29, 0.717) is 0 Å². The van der Waals surface area contributed by atoms with E-state index in [-0.39, 0.29) is 0 Å². The maximum atomic E-state index is 4.87. The molecule has 2 fully saturated rings. The summed E-state index contributed by atoms with van der Waals surface area (Å²) in [7, 11) is 0. The summed E-state index contributed by atoms with van der Waals surface area (Å²) in [5, 5.41) is 3.45. The number of hydrogen-bond acceptors (Lipinski definition) is 5. The van der Waals surface area contributed by atoms with Crippen molar-refractivity contribution in [2.24, 2.45) is 4.99 Å². The number of guanidine groups is 1. The van der Waals surface area contributed by atoms with Gasteiger partial charge in [0.05, 0.1) is 6.54 Å². The first kappa shape index (κ1) is 17.9. The molecule has 0 bridgehead atoms. The Kier molecular flexibility index (Phi) is 6.44. The molecule has 1 aromatic rings. The number of piperazine rings is 1. The fourth-order valence-corrected chi connectivity index (χ4v) is 3.32. The summed E-state index contributed by atoms with van der Waals surface area (Å²) in [5.74, 6) is 1.87. The summed E-state index contributed by atoms with van der Waals surface area (Å²) >= 11 is 0. The van der Waals surface area contributed by atoms with Crippen LogP contribution in [0.25, 0.3) is 0 Å². The van der Waals surface area contributed by atoms with Crippen LogP contribution in [0.15, 0.2) is 23.5 Å². The lowest BCUT2D eigenvalue weighted by Gasteiger charge is -2.36. The summed E-state index contributed by atoms with van der Waals surface area (Å²) in [6, 6.07) is 2.67. The highest BCUT2D eigenvalue weighted by Gasteiger charge is 2.27. The van der Waals surface area contributed by atoms with Crippen LogP contribution in [0, 0.1) is 0 Å². The largest absolute Gasteiger partial charge is 0.357 e. The fourth-order valence-electron chi connectivity index (χ4n) is 3.32. The molecule has 25 heavy (non-hydrogen) atoms. The lowest BCUT2D eigenvalue weighted by Crippen LogP contribution is -2.53. The normalized spacial score (nSPS) is 18.8. The molecule has 0 spiro atoms. The van der Waals surface area contributed by atoms with E-state index in [1.54, 1.807) is 12.4 Å². The second-order valence-corrected chi connectivity index (χ2v) is 6.62. The molecule has 0 unspecified atom stereocenters. The second-order valence-electron chi connectivity index (χ2n) is 6.62. The predicted molar refractivity (Wildman–Crippen MR) is 102 cm³/mol. The quantitative estimate of drug-likeness (QED) is 0.589. The van der Waals surface area contributed by atoms with Crippen molar-refractivity contribution in [2.45, 2.75) is 32.7 Å². The van der Waals surface area contributed by atoms with Gasteiger partial charge in [0.1, 0.15) is 0 Å². The van der Waals surface area contributed by atoms with E-state index in [2.05, 4.69) is 43.8 Å². The van der Waals surface area contributed by atoms with Crippen molar-refractivity contribution in [3.63, 3.8) is 0 Å². The number of aromatic nitrogens is 2. The fraction of sp³-hybridized carbons (Fsp3) is 0.722. The van der Waals surface area contributed by atoms with Gasteiger partial charge in [-0.1, -0.05) is 6.92 Å². The highest BCUT2D eigenvalue weighted by atomic mass is 15.4. The summed E-state index contributed by atoms with van der Waals surface area (Å²) in [6.07, 6.45) is 6.33. The van der Waals surface area contributed by atoms with Crippen LogP contribution in [0.4, 0.5) is 5.95 Å². The van der Waals surface area contributed by atoms with E-state index in [1.807, 2.05) is 6.07 Å². The number of likely N-dealkylation sites (N-methyl/N-ethyl adjacent to an activating group) is 1. The average Bonchev–Trinajstić information content (AvgIpc) is 3.50. The Morgan fingerprint density at radius 3 is 2.52 bits per heavy atom. The molecule has 7 heteroatoms. The molecule has 1 saturated heterocycles.